The first kappa shape index (κ1) is 17.9. The van der Waals surface area contributed by atoms with E-state index < -0.39 is 0 Å². The average Bonchev–Trinajstić information content (AvgIpc) is 2.60. The lowest BCUT2D eigenvalue weighted by molar-refractivity contribution is -0.906. The Morgan fingerprint density at radius 3 is 2.35 bits per heavy atom. The minimum Gasteiger partial charge on any atom is -0.370 e. The van der Waals surface area contributed by atoms with E-state index in [4.69, 9.17) is 29.2 Å². The van der Waals surface area contributed by atoms with Gasteiger partial charge in [-0.05, 0) is 30.0 Å². The van der Waals surface area contributed by atoms with Crippen molar-refractivity contribution in [1.82, 2.24) is 21.5 Å². The minimum atomic E-state index is 0.511. The van der Waals surface area contributed by atoms with Gasteiger partial charge in [0.05, 0.1) is 26.3 Å². The zero-order valence-corrected chi connectivity index (χ0v) is 14.7. The van der Waals surface area contributed by atoms with Gasteiger partial charge >= 0.3 is 0 Å². The molecular formula is C15H24N5OS2+. The smallest absolute Gasteiger partial charge is 0.185 e. The zero-order valence-electron chi connectivity index (χ0n) is 13.1. The molecule has 2 rings (SSSR count). The molecule has 0 radical (unpaired) electrons. The van der Waals surface area contributed by atoms with Crippen molar-refractivity contribution >= 4 is 34.7 Å². The SMILES string of the molecule is S=C(NCC[NH+]1CCOCC1)NNC(=S)NCc1ccccc1. The number of rotatable bonds is 5. The molecule has 1 aromatic carbocycles. The van der Waals surface area contributed by atoms with Crippen molar-refractivity contribution in [2.75, 3.05) is 39.4 Å². The fourth-order valence-electron chi connectivity index (χ4n) is 2.24. The molecule has 0 bridgehead atoms. The van der Waals surface area contributed by atoms with Crippen LogP contribution in [0.2, 0.25) is 0 Å². The summed E-state index contributed by atoms with van der Waals surface area (Å²) in [5.41, 5.74) is 6.94. The van der Waals surface area contributed by atoms with E-state index in [0.717, 1.165) is 39.4 Å². The first-order chi connectivity index (χ1) is 11.2. The van der Waals surface area contributed by atoms with Crippen molar-refractivity contribution in [2.45, 2.75) is 6.54 Å². The van der Waals surface area contributed by atoms with Crippen LogP contribution in [-0.2, 0) is 11.3 Å². The van der Waals surface area contributed by atoms with Crippen molar-refractivity contribution in [3.63, 3.8) is 0 Å². The Morgan fingerprint density at radius 1 is 1.00 bits per heavy atom. The monoisotopic (exact) mass is 354 g/mol. The number of ether oxygens (including phenoxy) is 1. The third kappa shape index (κ3) is 7.56. The Kier molecular flexibility index (Phi) is 8.02. The zero-order chi connectivity index (χ0) is 16.3. The molecular weight excluding hydrogens is 330 g/mol. The highest BCUT2D eigenvalue weighted by molar-refractivity contribution is 7.80. The van der Waals surface area contributed by atoms with Gasteiger partial charge in [0.1, 0.15) is 13.1 Å². The molecule has 8 heteroatoms. The van der Waals surface area contributed by atoms with Gasteiger partial charge in [-0.1, -0.05) is 30.3 Å². The maximum Gasteiger partial charge on any atom is 0.185 e. The number of thiocarbonyl (C=S) groups is 2. The van der Waals surface area contributed by atoms with Gasteiger partial charge in [-0.15, -0.1) is 0 Å². The molecule has 1 aliphatic heterocycles. The first-order valence-corrected chi connectivity index (χ1v) is 8.58. The second-order valence-corrected chi connectivity index (χ2v) is 6.10. The number of morpholine rings is 1. The number of nitrogens with one attached hydrogen (secondary N) is 5. The maximum absolute atomic E-state index is 5.34. The van der Waals surface area contributed by atoms with E-state index >= 15 is 0 Å². The summed E-state index contributed by atoms with van der Waals surface area (Å²) in [5, 5.41) is 7.34. The Hall–Kier alpha value is -1.48. The van der Waals surface area contributed by atoms with Crippen molar-refractivity contribution in [1.29, 1.82) is 0 Å². The predicted molar refractivity (Wildman–Crippen MR) is 99.1 cm³/mol. The van der Waals surface area contributed by atoms with Crippen LogP contribution in [0.25, 0.3) is 0 Å². The summed E-state index contributed by atoms with van der Waals surface area (Å²) in [5.74, 6) is 0. The van der Waals surface area contributed by atoms with E-state index in [9.17, 15) is 0 Å². The van der Waals surface area contributed by atoms with Gasteiger partial charge in [-0.25, -0.2) is 0 Å². The predicted octanol–water partition coefficient (Wildman–Crippen LogP) is -1.06. The van der Waals surface area contributed by atoms with Crippen LogP contribution in [0, 0.1) is 0 Å². The van der Waals surface area contributed by atoms with Crippen molar-refractivity contribution in [2.24, 2.45) is 0 Å². The molecule has 23 heavy (non-hydrogen) atoms. The van der Waals surface area contributed by atoms with E-state index in [1.807, 2.05) is 30.3 Å². The minimum absolute atomic E-state index is 0.511. The summed E-state index contributed by atoms with van der Waals surface area (Å²) in [4.78, 5) is 1.54. The lowest BCUT2D eigenvalue weighted by Crippen LogP contribution is -3.14. The fourth-order valence-corrected chi connectivity index (χ4v) is 2.52. The highest BCUT2D eigenvalue weighted by Crippen LogP contribution is 1.96. The van der Waals surface area contributed by atoms with Crippen LogP contribution in [0.5, 0.6) is 0 Å². The van der Waals surface area contributed by atoms with Crippen LogP contribution >= 0.6 is 24.4 Å². The molecule has 0 spiro atoms. The molecule has 0 unspecified atom stereocenters. The maximum atomic E-state index is 5.34. The Bertz CT molecular complexity index is 494. The third-order valence-electron chi connectivity index (χ3n) is 3.55. The first-order valence-electron chi connectivity index (χ1n) is 7.77. The van der Waals surface area contributed by atoms with Gasteiger partial charge in [-0.3, -0.25) is 10.9 Å². The van der Waals surface area contributed by atoms with Gasteiger partial charge in [0.25, 0.3) is 0 Å². The van der Waals surface area contributed by atoms with Crippen LogP contribution in [0.3, 0.4) is 0 Å². The molecule has 0 saturated carbocycles. The van der Waals surface area contributed by atoms with Gasteiger partial charge in [-0.2, -0.15) is 0 Å². The van der Waals surface area contributed by atoms with E-state index in [1.54, 1.807) is 4.90 Å². The summed E-state index contributed by atoms with van der Waals surface area (Å²) in [6.45, 7) is 6.35. The Morgan fingerprint density at radius 2 is 1.65 bits per heavy atom. The van der Waals surface area contributed by atoms with Crippen molar-refractivity contribution in [3.05, 3.63) is 35.9 Å². The van der Waals surface area contributed by atoms with E-state index in [2.05, 4.69) is 21.5 Å². The fraction of sp³-hybridized carbons (Fsp3) is 0.467. The van der Waals surface area contributed by atoms with Gasteiger partial charge < -0.3 is 20.3 Å². The molecule has 0 aromatic heterocycles. The molecule has 0 aliphatic carbocycles. The summed E-state index contributed by atoms with van der Waals surface area (Å²) >= 11 is 10.4. The molecule has 1 saturated heterocycles. The van der Waals surface area contributed by atoms with Gasteiger partial charge in [0.2, 0.25) is 0 Å². The highest BCUT2D eigenvalue weighted by Gasteiger charge is 2.12. The topological polar surface area (TPSA) is 61.8 Å². The molecule has 1 aliphatic rings. The van der Waals surface area contributed by atoms with Crippen molar-refractivity contribution in [3.8, 4) is 0 Å². The van der Waals surface area contributed by atoms with Crippen molar-refractivity contribution < 1.29 is 9.64 Å². The molecule has 1 fully saturated rings. The molecule has 1 aromatic rings. The molecule has 6 nitrogen and oxygen atoms in total. The van der Waals surface area contributed by atoms with E-state index in [0.29, 0.717) is 16.8 Å². The second-order valence-electron chi connectivity index (χ2n) is 5.29. The summed E-state index contributed by atoms with van der Waals surface area (Å²) in [6.07, 6.45) is 0. The molecule has 126 valence electrons. The Labute approximate surface area is 147 Å². The second kappa shape index (κ2) is 10.3. The number of quaternary nitrogens is 1. The summed E-state index contributed by atoms with van der Waals surface area (Å²) < 4.78 is 5.34. The average molecular weight is 355 g/mol. The largest absolute Gasteiger partial charge is 0.370 e. The summed E-state index contributed by atoms with van der Waals surface area (Å²) in [6, 6.07) is 10.1. The number of hydrogen-bond donors (Lipinski definition) is 5. The van der Waals surface area contributed by atoms with E-state index in [1.165, 1.54) is 5.56 Å². The number of benzene rings is 1. The summed E-state index contributed by atoms with van der Waals surface area (Å²) in [7, 11) is 0. The molecule has 1 heterocycles. The third-order valence-corrected chi connectivity index (χ3v) is 4.04. The molecule has 0 amide bonds. The molecule has 5 N–H and O–H groups in total. The lowest BCUT2D eigenvalue weighted by atomic mass is 10.2. The van der Waals surface area contributed by atoms with Crippen LogP contribution in [0.15, 0.2) is 30.3 Å². The van der Waals surface area contributed by atoms with Gasteiger partial charge in [0.15, 0.2) is 10.2 Å². The normalized spacial score (nSPS) is 14.8. The Balaban J connectivity index is 1.52. The van der Waals surface area contributed by atoms with E-state index in [-0.39, 0.29) is 0 Å². The lowest BCUT2D eigenvalue weighted by Gasteiger charge is -2.24. The number of hydrogen-bond acceptors (Lipinski definition) is 3. The van der Waals surface area contributed by atoms with Crippen LogP contribution in [-0.4, -0.2) is 49.6 Å². The highest BCUT2D eigenvalue weighted by atomic mass is 32.1. The van der Waals surface area contributed by atoms with Gasteiger partial charge in [0, 0.05) is 6.54 Å². The quantitative estimate of drug-likeness (QED) is 0.342. The van der Waals surface area contributed by atoms with Crippen LogP contribution < -0.4 is 26.4 Å². The van der Waals surface area contributed by atoms with Crippen LogP contribution in [0.4, 0.5) is 0 Å². The van der Waals surface area contributed by atoms with Crippen LogP contribution in [0.1, 0.15) is 5.56 Å². The molecule has 0 atom stereocenters. The number of hydrazine groups is 1. The standard InChI is InChI=1S/C15H23N5OS2/c22-14(16-6-7-20-8-10-21-11-9-20)18-19-15(23)17-12-13-4-2-1-3-5-13/h1-5H,6-12H2,(H2,16,18,22)(H2,17,19,23)/p+1.